The Bertz CT molecular complexity index is 1000. The Morgan fingerprint density at radius 1 is 1.13 bits per heavy atom. The van der Waals surface area contributed by atoms with Gasteiger partial charge in [0.25, 0.3) is 5.91 Å². The van der Waals surface area contributed by atoms with Crippen LogP contribution in [0.15, 0.2) is 52.9 Å². The summed E-state index contributed by atoms with van der Waals surface area (Å²) in [4.78, 5) is 15.2. The maximum absolute atomic E-state index is 13.1. The van der Waals surface area contributed by atoms with Gasteiger partial charge in [0.15, 0.2) is 0 Å². The highest BCUT2D eigenvalue weighted by Crippen LogP contribution is 2.28. The lowest BCUT2D eigenvalue weighted by atomic mass is 10.1. The maximum atomic E-state index is 13.1. The quantitative estimate of drug-likeness (QED) is 0.635. The van der Waals surface area contributed by atoms with E-state index >= 15 is 0 Å². The van der Waals surface area contributed by atoms with E-state index < -0.39 is 6.04 Å². The molecule has 30 heavy (non-hydrogen) atoms. The van der Waals surface area contributed by atoms with Crippen LogP contribution in [0.3, 0.4) is 0 Å². The molecular weight excluding hydrogens is 404 g/mol. The van der Waals surface area contributed by atoms with Gasteiger partial charge in [-0.3, -0.25) is 4.79 Å². The fraction of sp³-hybridized carbons (Fsp3) is 0.318. The molecule has 0 aliphatic carbocycles. The molecule has 1 fully saturated rings. The van der Waals surface area contributed by atoms with Crippen molar-refractivity contribution in [3.63, 3.8) is 0 Å². The molecule has 1 saturated heterocycles. The van der Waals surface area contributed by atoms with Gasteiger partial charge in [-0.15, -0.1) is 5.10 Å². The van der Waals surface area contributed by atoms with Crippen molar-refractivity contribution in [3.05, 3.63) is 70.6 Å². The SMILES string of the molecule is COc1ccc(Cl)cc1C(=O)N[C@@H](c1ccccc1)c1nnc(N2CCCCC2)o1. The zero-order valence-corrected chi connectivity index (χ0v) is 17.4. The number of methoxy groups -OCH3 is 1. The number of aromatic nitrogens is 2. The Balaban J connectivity index is 1.64. The van der Waals surface area contributed by atoms with Gasteiger partial charge in [-0.2, -0.15) is 0 Å². The first kappa shape index (κ1) is 20.2. The van der Waals surface area contributed by atoms with Crippen LogP contribution in [0.25, 0.3) is 0 Å². The van der Waals surface area contributed by atoms with Crippen molar-refractivity contribution in [2.75, 3.05) is 25.1 Å². The lowest BCUT2D eigenvalue weighted by Crippen LogP contribution is -2.30. The summed E-state index contributed by atoms with van der Waals surface area (Å²) in [6.07, 6.45) is 3.41. The van der Waals surface area contributed by atoms with E-state index in [1.54, 1.807) is 18.2 Å². The first-order valence-corrected chi connectivity index (χ1v) is 10.3. The average Bonchev–Trinajstić information content (AvgIpc) is 3.28. The number of anilines is 1. The number of halogens is 1. The van der Waals surface area contributed by atoms with Crippen LogP contribution < -0.4 is 15.0 Å². The smallest absolute Gasteiger partial charge is 0.318 e. The van der Waals surface area contributed by atoms with Crippen LogP contribution in [-0.4, -0.2) is 36.3 Å². The summed E-state index contributed by atoms with van der Waals surface area (Å²) in [5.41, 5.74) is 1.17. The van der Waals surface area contributed by atoms with Crippen LogP contribution >= 0.6 is 11.6 Å². The van der Waals surface area contributed by atoms with E-state index in [9.17, 15) is 4.79 Å². The molecule has 2 heterocycles. The summed E-state index contributed by atoms with van der Waals surface area (Å²) in [5, 5.41) is 11.9. The topological polar surface area (TPSA) is 80.5 Å². The molecule has 1 aromatic heterocycles. The molecule has 4 rings (SSSR count). The van der Waals surface area contributed by atoms with Crippen molar-refractivity contribution < 1.29 is 13.9 Å². The molecule has 0 radical (unpaired) electrons. The molecule has 1 aliphatic rings. The molecule has 0 saturated carbocycles. The third-order valence-corrected chi connectivity index (χ3v) is 5.35. The Morgan fingerprint density at radius 2 is 1.90 bits per heavy atom. The normalized spacial score (nSPS) is 14.9. The molecule has 2 aromatic carbocycles. The van der Waals surface area contributed by atoms with E-state index in [1.165, 1.54) is 13.5 Å². The minimum Gasteiger partial charge on any atom is -0.496 e. The number of carbonyl (C=O) groups excluding carboxylic acids is 1. The number of nitrogens with one attached hydrogen (secondary N) is 1. The van der Waals surface area contributed by atoms with Crippen molar-refractivity contribution >= 4 is 23.5 Å². The van der Waals surface area contributed by atoms with E-state index in [2.05, 4.69) is 20.4 Å². The van der Waals surface area contributed by atoms with Gasteiger partial charge in [-0.05, 0) is 43.0 Å². The van der Waals surface area contributed by atoms with Gasteiger partial charge in [-0.1, -0.05) is 47.0 Å². The van der Waals surface area contributed by atoms with E-state index in [4.69, 9.17) is 20.8 Å². The van der Waals surface area contributed by atoms with Gasteiger partial charge in [0.1, 0.15) is 11.8 Å². The monoisotopic (exact) mass is 426 g/mol. The first-order valence-electron chi connectivity index (χ1n) is 9.93. The van der Waals surface area contributed by atoms with Gasteiger partial charge < -0.3 is 19.4 Å². The number of ether oxygens (including phenoxy) is 1. The number of rotatable bonds is 6. The number of hydrogen-bond donors (Lipinski definition) is 1. The van der Waals surface area contributed by atoms with E-state index in [0.29, 0.717) is 28.2 Å². The predicted molar refractivity (Wildman–Crippen MR) is 114 cm³/mol. The average molecular weight is 427 g/mol. The van der Waals surface area contributed by atoms with Crippen LogP contribution in [-0.2, 0) is 0 Å². The van der Waals surface area contributed by atoms with E-state index in [0.717, 1.165) is 31.5 Å². The largest absolute Gasteiger partial charge is 0.496 e. The molecule has 1 aliphatic heterocycles. The Kier molecular flexibility index (Phi) is 6.18. The lowest BCUT2D eigenvalue weighted by Gasteiger charge is -2.24. The van der Waals surface area contributed by atoms with E-state index in [1.807, 2.05) is 30.3 Å². The van der Waals surface area contributed by atoms with Crippen molar-refractivity contribution in [1.29, 1.82) is 0 Å². The first-order chi connectivity index (χ1) is 14.7. The number of carbonyl (C=O) groups is 1. The Labute approximate surface area is 180 Å². The number of piperidine rings is 1. The summed E-state index contributed by atoms with van der Waals surface area (Å²) in [7, 11) is 1.51. The second-order valence-corrected chi connectivity index (χ2v) is 7.57. The fourth-order valence-corrected chi connectivity index (χ4v) is 3.73. The Hall–Kier alpha value is -3.06. The molecule has 3 aromatic rings. The van der Waals surface area contributed by atoms with Crippen molar-refractivity contribution in [3.8, 4) is 5.75 Å². The van der Waals surface area contributed by atoms with Gasteiger partial charge in [0, 0.05) is 18.1 Å². The number of amides is 1. The highest BCUT2D eigenvalue weighted by Gasteiger charge is 2.26. The van der Waals surface area contributed by atoms with Gasteiger partial charge in [-0.25, -0.2) is 0 Å². The second-order valence-electron chi connectivity index (χ2n) is 7.13. The van der Waals surface area contributed by atoms with Crippen LogP contribution in [0.2, 0.25) is 5.02 Å². The molecule has 0 spiro atoms. The molecular formula is C22H23ClN4O3. The van der Waals surface area contributed by atoms with Gasteiger partial charge >= 0.3 is 6.01 Å². The zero-order chi connectivity index (χ0) is 20.9. The summed E-state index contributed by atoms with van der Waals surface area (Å²) in [5.74, 6) is 0.417. The third kappa shape index (κ3) is 4.41. The zero-order valence-electron chi connectivity index (χ0n) is 16.7. The maximum Gasteiger partial charge on any atom is 0.318 e. The number of nitrogens with zero attached hydrogens (tertiary/aromatic N) is 3. The third-order valence-electron chi connectivity index (χ3n) is 5.12. The molecule has 0 unspecified atom stereocenters. The summed E-state index contributed by atoms with van der Waals surface area (Å²) < 4.78 is 11.3. The summed E-state index contributed by atoms with van der Waals surface area (Å²) >= 11 is 6.10. The summed E-state index contributed by atoms with van der Waals surface area (Å²) in [6, 6.07) is 14.3. The van der Waals surface area contributed by atoms with Crippen molar-refractivity contribution in [1.82, 2.24) is 15.5 Å². The summed E-state index contributed by atoms with van der Waals surface area (Å²) in [6.45, 7) is 1.79. The van der Waals surface area contributed by atoms with Crippen LogP contribution in [0.4, 0.5) is 6.01 Å². The van der Waals surface area contributed by atoms with Crippen LogP contribution in [0, 0.1) is 0 Å². The Morgan fingerprint density at radius 3 is 2.63 bits per heavy atom. The van der Waals surface area contributed by atoms with E-state index in [-0.39, 0.29) is 5.91 Å². The van der Waals surface area contributed by atoms with Crippen molar-refractivity contribution in [2.45, 2.75) is 25.3 Å². The molecule has 1 atom stereocenters. The predicted octanol–water partition coefficient (Wildman–Crippen LogP) is 4.24. The van der Waals surface area contributed by atoms with Gasteiger partial charge in [0.05, 0.1) is 12.7 Å². The standard InChI is InChI=1S/C22H23ClN4O3/c1-29-18-11-10-16(23)14-17(18)20(28)24-19(15-8-4-2-5-9-15)21-25-26-22(30-21)27-12-6-3-7-13-27/h2,4-5,8-11,14,19H,3,6-7,12-13H2,1H3,(H,24,28)/t19-/m0/s1. The highest BCUT2D eigenvalue weighted by atomic mass is 35.5. The number of benzene rings is 2. The molecule has 156 valence electrons. The fourth-order valence-electron chi connectivity index (χ4n) is 3.56. The molecule has 1 amide bonds. The highest BCUT2D eigenvalue weighted by molar-refractivity contribution is 6.31. The second kappa shape index (κ2) is 9.17. The molecule has 1 N–H and O–H groups in total. The number of hydrogen-bond acceptors (Lipinski definition) is 6. The minimum absolute atomic E-state index is 0.330. The molecule has 8 heteroatoms. The minimum atomic E-state index is -0.603. The van der Waals surface area contributed by atoms with Gasteiger partial charge in [0.2, 0.25) is 5.89 Å². The van der Waals surface area contributed by atoms with Crippen molar-refractivity contribution in [2.24, 2.45) is 0 Å². The molecule has 7 nitrogen and oxygen atoms in total. The molecule has 0 bridgehead atoms. The lowest BCUT2D eigenvalue weighted by molar-refractivity contribution is 0.0935. The van der Waals surface area contributed by atoms with Crippen LogP contribution in [0.1, 0.15) is 47.1 Å². The van der Waals surface area contributed by atoms with Crippen LogP contribution in [0.5, 0.6) is 5.75 Å².